The molecule has 0 radical (unpaired) electrons. The minimum atomic E-state index is -3.13. The molecular formula is C10H18N2O3S. The number of carbonyl (C=O) groups is 1. The Kier molecular flexibility index (Phi) is 3.21. The summed E-state index contributed by atoms with van der Waals surface area (Å²) in [4.78, 5) is 13.9. The van der Waals surface area contributed by atoms with Crippen molar-refractivity contribution in [2.45, 2.75) is 19.3 Å². The Bertz CT molecular complexity index is 374. The minimum absolute atomic E-state index is 0.118. The second kappa shape index (κ2) is 4.33. The molecule has 1 atom stereocenters. The van der Waals surface area contributed by atoms with Crippen LogP contribution in [0.25, 0.3) is 0 Å². The topological polar surface area (TPSA) is 57.7 Å². The fourth-order valence-electron chi connectivity index (χ4n) is 2.43. The molecule has 1 unspecified atom stereocenters. The summed E-state index contributed by atoms with van der Waals surface area (Å²) in [7, 11) is -3.13. The van der Waals surface area contributed by atoms with Gasteiger partial charge in [0.25, 0.3) is 0 Å². The molecule has 92 valence electrons. The Morgan fingerprint density at radius 2 is 1.81 bits per heavy atom. The van der Waals surface area contributed by atoms with E-state index < -0.39 is 10.0 Å². The zero-order valence-electron chi connectivity index (χ0n) is 9.55. The molecule has 2 rings (SSSR count). The summed E-state index contributed by atoms with van der Waals surface area (Å²) in [5.41, 5.74) is 0. The van der Waals surface area contributed by atoms with E-state index in [1.165, 1.54) is 10.6 Å². The van der Waals surface area contributed by atoms with Crippen LogP contribution in [0.1, 0.15) is 19.3 Å². The number of carbonyl (C=O) groups excluding carboxylic acids is 1. The van der Waals surface area contributed by atoms with E-state index in [4.69, 9.17) is 0 Å². The Labute approximate surface area is 96.5 Å². The maximum Gasteiger partial charge on any atom is 0.227 e. The lowest BCUT2D eigenvalue weighted by Crippen LogP contribution is -2.36. The van der Waals surface area contributed by atoms with Crippen LogP contribution in [0.2, 0.25) is 0 Å². The van der Waals surface area contributed by atoms with Crippen LogP contribution in [0.3, 0.4) is 0 Å². The molecule has 0 N–H and O–H groups in total. The van der Waals surface area contributed by atoms with E-state index in [0.717, 1.165) is 25.9 Å². The SMILES string of the molecule is CS(=O)(=O)N1CCC(C(=O)N2CCCC2)C1. The van der Waals surface area contributed by atoms with Gasteiger partial charge in [-0.2, -0.15) is 0 Å². The van der Waals surface area contributed by atoms with Crippen molar-refractivity contribution in [2.24, 2.45) is 5.92 Å². The van der Waals surface area contributed by atoms with Gasteiger partial charge in [-0.1, -0.05) is 0 Å². The van der Waals surface area contributed by atoms with E-state index in [-0.39, 0.29) is 11.8 Å². The number of hydrogen-bond acceptors (Lipinski definition) is 3. The molecule has 2 saturated heterocycles. The Morgan fingerprint density at radius 3 is 2.31 bits per heavy atom. The lowest BCUT2D eigenvalue weighted by atomic mass is 10.1. The van der Waals surface area contributed by atoms with Crippen LogP contribution in [-0.2, 0) is 14.8 Å². The van der Waals surface area contributed by atoms with Gasteiger partial charge in [0.1, 0.15) is 0 Å². The second-order valence-electron chi connectivity index (χ2n) is 4.64. The molecule has 0 aliphatic carbocycles. The van der Waals surface area contributed by atoms with Gasteiger partial charge in [0, 0.05) is 26.2 Å². The molecule has 2 aliphatic heterocycles. The van der Waals surface area contributed by atoms with Crippen LogP contribution in [-0.4, -0.2) is 56.0 Å². The fraction of sp³-hybridized carbons (Fsp3) is 0.900. The molecule has 0 aromatic carbocycles. The summed E-state index contributed by atoms with van der Waals surface area (Å²) in [5.74, 6) is 0.0245. The third-order valence-corrected chi connectivity index (χ3v) is 4.66. The van der Waals surface area contributed by atoms with Crippen molar-refractivity contribution in [3.63, 3.8) is 0 Å². The van der Waals surface area contributed by atoms with Gasteiger partial charge in [-0.15, -0.1) is 0 Å². The van der Waals surface area contributed by atoms with Gasteiger partial charge in [0.05, 0.1) is 12.2 Å². The van der Waals surface area contributed by atoms with Crippen LogP contribution in [0.15, 0.2) is 0 Å². The predicted molar refractivity (Wildman–Crippen MR) is 60.3 cm³/mol. The van der Waals surface area contributed by atoms with E-state index in [9.17, 15) is 13.2 Å². The highest BCUT2D eigenvalue weighted by Gasteiger charge is 2.35. The zero-order chi connectivity index (χ0) is 11.8. The molecule has 2 aliphatic rings. The van der Waals surface area contributed by atoms with Crippen LogP contribution in [0.4, 0.5) is 0 Å². The summed E-state index contributed by atoms with van der Waals surface area (Å²) >= 11 is 0. The summed E-state index contributed by atoms with van der Waals surface area (Å²) in [6.45, 7) is 2.54. The molecule has 2 heterocycles. The van der Waals surface area contributed by atoms with Crippen molar-refractivity contribution in [1.82, 2.24) is 9.21 Å². The Morgan fingerprint density at radius 1 is 1.19 bits per heavy atom. The first-order chi connectivity index (χ1) is 7.48. The summed E-state index contributed by atoms with van der Waals surface area (Å²) < 4.78 is 24.1. The van der Waals surface area contributed by atoms with Crippen LogP contribution in [0.5, 0.6) is 0 Å². The molecule has 2 fully saturated rings. The van der Waals surface area contributed by atoms with Gasteiger partial charge >= 0.3 is 0 Å². The average Bonchev–Trinajstić information content (AvgIpc) is 2.87. The Hall–Kier alpha value is -0.620. The average molecular weight is 246 g/mol. The van der Waals surface area contributed by atoms with Gasteiger partial charge in [0.2, 0.25) is 15.9 Å². The zero-order valence-corrected chi connectivity index (χ0v) is 10.4. The first-order valence-electron chi connectivity index (χ1n) is 5.72. The lowest BCUT2D eigenvalue weighted by molar-refractivity contribution is -0.133. The Balaban J connectivity index is 1.95. The fourth-order valence-corrected chi connectivity index (χ4v) is 3.31. The first kappa shape index (κ1) is 11.9. The van der Waals surface area contributed by atoms with Gasteiger partial charge in [-0.3, -0.25) is 4.79 Å². The predicted octanol–water partition coefficient (Wildman–Crippen LogP) is -0.110. The summed E-state index contributed by atoms with van der Waals surface area (Å²) in [5, 5.41) is 0. The highest BCUT2D eigenvalue weighted by atomic mass is 32.2. The van der Waals surface area contributed by atoms with Gasteiger partial charge in [-0.05, 0) is 19.3 Å². The normalized spacial score (nSPS) is 27.6. The van der Waals surface area contributed by atoms with Gasteiger partial charge in [0.15, 0.2) is 0 Å². The van der Waals surface area contributed by atoms with E-state index in [0.29, 0.717) is 19.5 Å². The first-order valence-corrected chi connectivity index (χ1v) is 7.57. The van der Waals surface area contributed by atoms with Crippen molar-refractivity contribution in [1.29, 1.82) is 0 Å². The number of sulfonamides is 1. The monoisotopic (exact) mass is 246 g/mol. The largest absolute Gasteiger partial charge is 0.342 e. The molecule has 16 heavy (non-hydrogen) atoms. The van der Waals surface area contributed by atoms with Crippen molar-refractivity contribution in [3.05, 3.63) is 0 Å². The van der Waals surface area contributed by atoms with Crippen LogP contribution >= 0.6 is 0 Å². The van der Waals surface area contributed by atoms with Crippen molar-refractivity contribution >= 4 is 15.9 Å². The van der Waals surface area contributed by atoms with Crippen LogP contribution in [0, 0.1) is 5.92 Å². The molecule has 0 bridgehead atoms. The standard InChI is InChI=1S/C10H18N2O3S/c1-16(14,15)12-7-4-9(8-12)10(13)11-5-2-3-6-11/h9H,2-8H2,1H3. The quantitative estimate of drug-likeness (QED) is 0.683. The maximum absolute atomic E-state index is 12.0. The van der Waals surface area contributed by atoms with Crippen molar-refractivity contribution in [3.8, 4) is 0 Å². The number of likely N-dealkylation sites (tertiary alicyclic amines) is 1. The van der Waals surface area contributed by atoms with Gasteiger partial charge in [-0.25, -0.2) is 12.7 Å². The lowest BCUT2D eigenvalue weighted by Gasteiger charge is -2.19. The molecular weight excluding hydrogens is 228 g/mol. The molecule has 6 heteroatoms. The molecule has 0 spiro atoms. The molecule has 0 aromatic heterocycles. The van der Waals surface area contributed by atoms with Crippen molar-refractivity contribution in [2.75, 3.05) is 32.4 Å². The molecule has 1 amide bonds. The van der Waals surface area contributed by atoms with E-state index >= 15 is 0 Å². The highest BCUT2D eigenvalue weighted by molar-refractivity contribution is 7.88. The van der Waals surface area contributed by atoms with Gasteiger partial charge < -0.3 is 4.90 Å². The maximum atomic E-state index is 12.0. The van der Waals surface area contributed by atoms with Crippen LogP contribution < -0.4 is 0 Å². The number of hydrogen-bond donors (Lipinski definition) is 0. The second-order valence-corrected chi connectivity index (χ2v) is 6.62. The summed E-state index contributed by atoms with van der Waals surface area (Å²) in [6, 6.07) is 0. The molecule has 0 aromatic rings. The third-order valence-electron chi connectivity index (χ3n) is 3.39. The van der Waals surface area contributed by atoms with E-state index in [2.05, 4.69) is 0 Å². The summed E-state index contributed by atoms with van der Waals surface area (Å²) in [6.07, 6.45) is 4.03. The number of amides is 1. The number of nitrogens with zero attached hydrogens (tertiary/aromatic N) is 2. The highest BCUT2D eigenvalue weighted by Crippen LogP contribution is 2.22. The third kappa shape index (κ3) is 2.38. The molecule has 5 nitrogen and oxygen atoms in total. The van der Waals surface area contributed by atoms with Crippen molar-refractivity contribution < 1.29 is 13.2 Å². The smallest absolute Gasteiger partial charge is 0.227 e. The number of rotatable bonds is 2. The van der Waals surface area contributed by atoms with E-state index in [1.807, 2.05) is 4.90 Å². The van der Waals surface area contributed by atoms with E-state index in [1.54, 1.807) is 0 Å². The molecule has 0 saturated carbocycles. The minimum Gasteiger partial charge on any atom is -0.342 e.